The van der Waals surface area contributed by atoms with Gasteiger partial charge >= 0.3 is 0 Å². The molecule has 1 aliphatic heterocycles. The van der Waals surface area contributed by atoms with Gasteiger partial charge in [0, 0.05) is 25.7 Å². The maximum Gasteiger partial charge on any atom is 0.0608 e. The van der Waals surface area contributed by atoms with Crippen LogP contribution in [0.15, 0.2) is 0 Å². The summed E-state index contributed by atoms with van der Waals surface area (Å²) in [6, 6.07) is 0.614. The molecule has 2 aliphatic rings. The Bertz CT molecular complexity index is 155. The Kier molecular flexibility index (Phi) is 3.16. The minimum Gasteiger partial charge on any atom is -0.379 e. The summed E-state index contributed by atoms with van der Waals surface area (Å²) in [7, 11) is 0. The van der Waals surface area contributed by atoms with E-state index >= 15 is 0 Å². The summed E-state index contributed by atoms with van der Waals surface area (Å²) in [6.07, 6.45) is 2.56. The first-order chi connectivity index (χ1) is 6.40. The van der Waals surface area contributed by atoms with Crippen molar-refractivity contribution in [2.45, 2.75) is 25.8 Å². The van der Waals surface area contributed by atoms with Crippen LogP contribution in [0.2, 0.25) is 0 Å². The molecule has 0 aromatic rings. The van der Waals surface area contributed by atoms with E-state index < -0.39 is 0 Å². The van der Waals surface area contributed by atoms with Crippen LogP contribution in [-0.2, 0) is 4.74 Å². The van der Waals surface area contributed by atoms with E-state index in [1.165, 1.54) is 12.8 Å². The third kappa shape index (κ3) is 2.64. The Morgan fingerprint density at radius 1 is 1.38 bits per heavy atom. The predicted molar refractivity (Wildman–Crippen MR) is 49.9 cm³/mol. The lowest BCUT2D eigenvalue weighted by atomic mass is 10.5. The fourth-order valence-corrected chi connectivity index (χ4v) is 1.52. The SMILES string of the molecule is CCN([N]C1CC1)N1CCOCC1. The second kappa shape index (κ2) is 4.37. The van der Waals surface area contributed by atoms with Crippen LogP contribution in [0.5, 0.6) is 0 Å². The van der Waals surface area contributed by atoms with Crippen molar-refractivity contribution in [3.8, 4) is 0 Å². The van der Waals surface area contributed by atoms with Gasteiger partial charge in [-0.25, -0.2) is 5.01 Å². The molecule has 0 aromatic heterocycles. The lowest BCUT2D eigenvalue weighted by molar-refractivity contribution is -0.121. The van der Waals surface area contributed by atoms with Gasteiger partial charge in [0.25, 0.3) is 0 Å². The zero-order chi connectivity index (χ0) is 9.10. The van der Waals surface area contributed by atoms with Gasteiger partial charge in [-0.2, -0.15) is 5.12 Å². The lowest BCUT2D eigenvalue weighted by Gasteiger charge is -2.35. The van der Waals surface area contributed by atoms with Gasteiger partial charge in [-0.1, -0.05) is 0 Å². The zero-order valence-electron chi connectivity index (χ0n) is 8.28. The highest BCUT2D eigenvalue weighted by Gasteiger charge is 2.28. The van der Waals surface area contributed by atoms with Crippen LogP contribution in [0, 0.1) is 0 Å². The van der Waals surface area contributed by atoms with Crippen LogP contribution < -0.4 is 5.43 Å². The highest BCUT2D eigenvalue weighted by Crippen LogP contribution is 2.21. The number of hydrazine groups is 1. The second-order valence-corrected chi connectivity index (χ2v) is 3.60. The average molecular weight is 184 g/mol. The molecule has 0 N–H and O–H groups in total. The Hall–Kier alpha value is -0.160. The van der Waals surface area contributed by atoms with Gasteiger partial charge < -0.3 is 4.74 Å². The predicted octanol–water partition coefficient (Wildman–Crippen LogP) is 0.237. The normalized spacial score (nSPS) is 25.4. The molecule has 75 valence electrons. The van der Waals surface area contributed by atoms with Crippen molar-refractivity contribution >= 4 is 0 Å². The van der Waals surface area contributed by atoms with Gasteiger partial charge in [-0.3, -0.25) is 0 Å². The first kappa shape index (κ1) is 9.40. The van der Waals surface area contributed by atoms with Crippen molar-refractivity contribution in [3.63, 3.8) is 0 Å². The van der Waals surface area contributed by atoms with E-state index in [9.17, 15) is 0 Å². The van der Waals surface area contributed by atoms with Crippen molar-refractivity contribution < 1.29 is 4.74 Å². The first-order valence-electron chi connectivity index (χ1n) is 5.21. The number of morpholine rings is 1. The van der Waals surface area contributed by atoms with Crippen molar-refractivity contribution in [3.05, 3.63) is 0 Å². The van der Waals surface area contributed by atoms with E-state index in [1.807, 2.05) is 0 Å². The smallest absolute Gasteiger partial charge is 0.0608 e. The molecule has 13 heavy (non-hydrogen) atoms. The molecule has 0 spiro atoms. The zero-order valence-corrected chi connectivity index (χ0v) is 8.28. The molecule has 0 amide bonds. The van der Waals surface area contributed by atoms with Crippen molar-refractivity contribution in [2.75, 3.05) is 32.8 Å². The maximum atomic E-state index is 5.30. The van der Waals surface area contributed by atoms with Crippen molar-refractivity contribution in [1.29, 1.82) is 0 Å². The number of hydrogen-bond donors (Lipinski definition) is 0. The number of ether oxygens (including phenoxy) is 1. The van der Waals surface area contributed by atoms with E-state index in [-0.39, 0.29) is 0 Å². The number of hydrogen-bond acceptors (Lipinski definition) is 3. The monoisotopic (exact) mass is 184 g/mol. The second-order valence-electron chi connectivity index (χ2n) is 3.60. The van der Waals surface area contributed by atoms with Crippen LogP contribution in [-0.4, -0.2) is 49.0 Å². The van der Waals surface area contributed by atoms with Gasteiger partial charge in [0.2, 0.25) is 0 Å². The molecule has 4 heteroatoms. The Balaban J connectivity index is 1.78. The van der Waals surface area contributed by atoms with Crippen LogP contribution in [0.4, 0.5) is 0 Å². The van der Waals surface area contributed by atoms with Gasteiger partial charge in [0.15, 0.2) is 0 Å². The largest absolute Gasteiger partial charge is 0.379 e. The molecule has 0 bridgehead atoms. The molecule has 1 heterocycles. The third-order valence-corrected chi connectivity index (χ3v) is 2.44. The van der Waals surface area contributed by atoms with E-state index in [0.717, 1.165) is 32.8 Å². The highest BCUT2D eigenvalue weighted by molar-refractivity contribution is 4.79. The molecule has 0 atom stereocenters. The standard InChI is InChI=1S/C9H18N3O/c1-2-12(10-9-3-4-9)11-5-7-13-8-6-11/h9H,2-8H2,1H3. The van der Waals surface area contributed by atoms with Gasteiger partial charge in [0.1, 0.15) is 0 Å². The minimum atomic E-state index is 0.614. The highest BCUT2D eigenvalue weighted by atomic mass is 16.5. The summed E-state index contributed by atoms with van der Waals surface area (Å²) in [5.41, 5.74) is 4.63. The van der Waals surface area contributed by atoms with Crippen LogP contribution >= 0.6 is 0 Å². The van der Waals surface area contributed by atoms with E-state index in [2.05, 4.69) is 22.5 Å². The summed E-state index contributed by atoms with van der Waals surface area (Å²) in [5, 5.41) is 4.42. The Morgan fingerprint density at radius 3 is 2.62 bits per heavy atom. The Morgan fingerprint density at radius 2 is 2.08 bits per heavy atom. The quantitative estimate of drug-likeness (QED) is 0.586. The van der Waals surface area contributed by atoms with Crippen LogP contribution in [0.25, 0.3) is 0 Å². The number of nitrogens with zero attached hydrogens (tertiary/aromatic N) is 3. The molecule has 2 fully saturated rings. The van der Waals surface area contributed by atoms with Gasteiger partial charge in [-0.05, 0) is 19.8 Å². The summed E-state index contributed by atoms with van der Waals surface area (Å²) in [6.45, 7) is 6.80. The summed E-state index contributed by atoms with van der Waals surface area (Å²) in [5.74, 6) is 0. The third-order valence-electron chi connectivity index (χ3n) is 2.44. The maximum absolute atomic E-state index is 5.30. The number of rotatable bonds is 4. The fraction of sp³-hybridized carbons (Fsp3) is 1.00. The molecule has 0 aromatic carbocycles. The lowest BCUT2D eigenvalue weighted by Crippen LogP contribution is -2.52. The topological polar surface area (TPSA) is 29.8 Å². The Labute approximate surface area is 79.8 Å². The summed E-state index contributed by atoms with van der Waals surface area (Å²) in [4.78, 5) is 0. The average Bonchev–Trinajstić information content (AvgIpc) is 2.99. The molecule has 1 radical (unpaired) electrons. The molecular weight excluding hydrogens is 166 g/mol. The summed E-state index contributed by atoms with van der Waals surface area (Å²) >= 11 is 0. The molecule has 1 saturated heterocycles. The minimum absolute atomic E-state index is 0.614. The molecule has 2 rings (SSSR count). The van der Waals surface area contributed by atoms with Gasteiger partial charge in [-0.15, -0.1) is 5.43 Å². The van der Waals surface area contributed by atoms with Crippen molar-refractivity contribution in [2.24, 2.45) is 0 Å². The van der Waals surface area contributed by atoms with Crippen molar-refractivity contribution in [1.82, 2.24) is 15.6 Å². The molecule has 1 aliphatic carbocycles. The van der Waals surface area contributed by atoms with Crippen LogP contribution in [0.3, 0.4) is 0 Å². The van der Waals surface area contributed by atoms with E-state index in [0.29, 0.717) is 6.04 Å². The van der Waals surface area contributed by atoms with Gasteiger partial charge in [0.05, 0.1) is 13.2 Å². The molecule has 4 nitrogen and oxygen atoms in total. The molecular formula is C9H18N3O. The first-order valence-corrected chi connectivity index (χ1v) is 5.21. The van der Waals surface area contributed by atoms with E-state index in [1.54, 1.807) is 0 Å². The molecule has 1 saturated carbocycles. The summed E-state index contributed by atoms with van der Waals surface area (Å²) < 4.78 is 5.30. The van der Waals surface area contributed by atoms with E-state index in [4.69, 9.17) is 4.74 Å². The fourth-order valence-electron chi connectivity index (χ4n) is 1.52. The molecule has 0 unspecified atom stereocenters. The van der Waals surface area contributed by atoms with Crippen LogP contribution in [0.1, 0.15) is 19.8 Å².